The normalized spacial score (nSPS) is 13.1. The highest BCUT2D eigenvalue weighted by atomic mass is 32.1. The second kappa shape index (κ2) is 6.48. The summed E-state index contributed by atoms with van der Waals surface area (Å²) in [4.78, 5) is 4.74. The summed E-state index contributed by atoms with van der Waals surface area (Å²) in [6.45, 7) is 6.82. The van der Waals surface area contributed by atoms with Gasteiger partial charge in [0.15, 0.2) is 0 Å². The molecule has 0 amide bonds. The third-order valence-corrected chi connectivity index (χ3v) is 4.56. The number of rotatable bonds is 6. The van der Waals surface area contributed by atoms with Crippen molar-refractivity contribution < 1.29 is 0 Å². The van der Waals surface area contributed by atoms with E-state index in [9.17, 15) is 0 Å². The van der Waals surface area contributed by atoms with Crippen LogP contribution in [0.2, 0.25) is 0 Å². The Hall–Kier alpha value is -0.670. The van der Waals surface area contributed by atoms with Gasteiger partial charge in [-0.05, 0) is 47.1 Å². The Balaban J connectivity index is 1.87. The van der Waals surface area contributed by atoms with Crippen LogP contribution in [0.5, 0.6) is 0 Å². The summed E-state index contributed by atoms with van der Waals surface area (Å²) in [5.41, 5.74) is 2.74. The zero-order valence-electron chi connectivity index (χ0n) is 11.3. The average molecular weight is 279 g/mol. The molecule has 2 aromatic rings. The summed E-state index contributed by atoms with van der Waals surface area (Å²) in [7, 11) is 0. The Morgan fingerprint density at radius 3 is 2.61 bits per heavy atom. The molecule has 0 aliphatic rings. The molecule has 3 heteroatoms. The van der Waals surface area contributed by atoms with E-state index in [0.717, 1.165) is 12.8 Å². The van der Waals surface area contributed by atoms with Crippen molar-refractivity contribution in [1.82, 2.24) is 4.98 Å². The van der Waals surface area contributed by atoms with Crippen molar-refractivity contribution in [3.8, 4) is 0 Å². The molecule has 1 unspecified atom stereocenters. The minimum Gasteiger partial charge on any atom is -0.246 e. The lowest BCUT2D eigenvalue weighted by Gasteiger charge is -2.07. The van der Waals surface area contributed by atoms with E-state index in [4.69, 9.17) is 4.98 Å². The quantitative estimate of drug-likeness (QED) is 0.738. The Morgan fingerprint density at radius 1 is 1.11 bits per heavy atom. The van der Waals surface area contributed by atoms with E-state index < -0.39 is 0 Å². The van der Waals surface area contributed by atoms with Crippen molar-refractivity contribution in [2.45, 2.75) is 40.0 Å². The van der Waals surface area contributed by atoms with Crippen molar-refractivity contribution >= 4 is 22.7 Å². The van der Waals surface area contributed by atoms with Gasteiger partial charge in [-0.3, -0.25) is 0 Å². The van der Waals surface area contributed by atoms with Crippen LogP contribution in [0.1, 0.15) is 37.0 Å². The first-order chi connectivity index (χ1) is 8.63. The summed E-state index contributed by atoms with van der Waals surface area (Å²) >= 11 is 3.61. The second-order valence-corrected chi connectivity index (χ2v) is 7.20. The SMILES string of the molecule is CC(C)Cc1csc(CC(C)Cc2ccsc2)n1. The average Bonchev–Trinajstić information content (AvgIpc) is 2.89. The van der Waals surface area contributed by atoms with Crippen LogP contribution in [-0.4, -0.2) is 4.98 Å². The summed E-state index contributed by atoms with van der Waals surface area (Å²) in [5, 5.41) is 7.94. The molecule has 0 radical (unpaired) electrons. The molecule has 1 nitrogen and oxygen atoms in total. The summed E-state index contributed by atoms with van der Waals surface area (Å²) in [6.07, 6.45) is 3.39. The topological polar surface area (TPSA) is 12.9 Å². The zero-order chi connectivity index (χ0) is 13.0. The molecular weight excluding hydrogens is 258 g/mol. The van der Waals surface area contributed by atoms with Gasteiger partial charge in [0.25, 0.3) is 0 Å². The van der Waals surface area contributed by atoms with Crippen LogP contribution in [0.3, 0.4) is 0 Å². The van der Waals surface area contributed by atoms with Gasteiger partial charge in [-0.25, -0.2) is 4.98 Å². The monoisotopic (exact) mass is 279 g/mol. The maximum atomic E-state index is 4.74. The van der Waals surface area contributed by atoms with Crippen LogP contribution in [0.4, 0.5) is 0 Å². The molecule has 2 aromatic heterocycles. The van der Waals surface area contributed by atoms with Crippen LogP contribution in [0, 0.1) is 11.8 Å². The third kappa shape index (κ3) is 4.21. The Labute approximate surface area is 118 Å². The highest BCUT2D eigenvalue weighted by molar-refractivity contribution is 7.09. The maximum Gasteiger partial charge on any atom is 0.0931 e. The van der Waals surface area contributed by atoms with Crippen LogP contribution in [-0.2, 0) is 19.3 Å². The molecule has 0 saturated carbocycles. The lowest BCUT2D eigenvalue weighted by Crippen LogP contribution is -2.03. The van der Waals surface area contributed by atoms with Crippen molar-refractivity contribution in [1.29, 1.82) is 0 Å². The Bertz CT molecular complexity index is 457. The van der Waals surface area contributed by atoms with E-state index in [2.05, 4.69) is 43.0 Å². The highest BCUT2D eigenvalue weighted by Gasteiger charge is 2.09. The minimum absolute atomic E-state index is 0.678. The lowest BCUT2D eigenvalue weighted by molar-refractivity contribution is 0.573. The molecule has 0 aliphatic heterocycles. The van der Waals surface area contributed by atoms with Crippen LogP contribution >= 0.6 is 22.7 Å². The molecule has 0 fully saturated rings. The van der Waals surface area contributed by atoms with Gasteiger partial charge in [-0.1, -0.05) is 20.8 Å². The van der Waals surface area contributed by atoms with E-state index in [1.807, 2.05) is 11.3 Å². The van der Waals surface area contributed by atoms with E-state index >= 15 is 0 Å². The first kappa shape index (κ1) is 13.8. The second-order valence-electron chi connectivity index (χ2n) is 5.48. The molecule has 98 valence electrons. The summed E-state index contributed by atoms with van der Waals surface area (Å²) in [5.74, 6) is 1.38. The number of thiophene rings is 1. The van der Waals surface area contributed by atoms with Gasteiger partial charge in [0.05, 0.1) is 10.7 Å². The predicted octanol–water partition coefficient (Wildman–Crippen LogP) is 4.82. The van der Waals surface area contributed by atoms with Gasteiger partial charge in [0.1, 0.15) is 0 Å². The Morgan fingerprint density at radius 2 is 1.94 bits per heavy atom. The van der Waals surface area contributed by atoms with Crippen molar-refractivity contribution in [2.24, 2.45) is 11.8 Å². The van der Waals surface area contributed by atoms with Gasteiger partial charge in [0, 0.05) is 11.8 Å². The number of hydrogen-bond acceptors (Lipinski definition) is 3. The van der Waals surface area contributed by atoms with Crippen LogP contribution in [0.15, 0.2) is 22.2 Å². The highest BCUT2D eigenvalue weighted by Crippen LogP contribution is 2.20. The van der Waals surface area contributed by atoms with Gasteiger partial charge >= 0.3 is 0 Å². The van der Waals surface area contributed by atoms with Crippen LogP contribution < -0.4 is 0 Å². The first-order valence-electron chi connectivity index (χ1n) is 6.58. The molecule has 0 N–H and O–H groups in total. The fraction of sp³-hybridized carbons (Fsp3) is 0.533. The molecule has 2 heterocycles. The molecule has 0 aromatic carbocycles. The van der Waals surface area contributed by atoms with Gasteiger partial charge in [0.2, 0.25) is 0 Å². The van der Waals surface area contributed by atoms with Crippen molar-refractivity contribution in [2.75, 3.05) is 0 Å². The van der Waals surface area contributed by atoms with E-state index in [0.29, 0.717) is 11.8 Å². The third-order valence-electron chi connectivity index (χ3n) is 2.90. The van der Waals surface area contributed by atoms with Crippen molar-refractivity contribution in [3.63, 3.8) is 0 Å². The van der Waals surface area contributed by atoms with E-state index in [1.54, 1.807) is 11.3 Å². The Kier molecular flexibility index (Phi) is 4.95. The van der Waals surface area contributed by atoms with E-state index in [1.165, 1.54) is 22.7 Å². The van der Waals surface area contributed by atoms with Gasteiger partial charge in [-0.15, -0.1) is 11.3 Å². The van der Waals surface area contributed by atoms with Crippen molar-refractivity contribution in [3.05, 3.63) is 38.5 Å². The molecule has 18 heavy (non-hydrogen) atoms. The molecule has 0 saturated heterocycles. The molecule has 0 bridgehead atoms. The van der Waals surface area contributed by atoms with Gasteiger partial charge in [-0.2, -0.15) is 11.3 Å². The first-order valence-corrected chi connectivity index (χ1v) is 8.40. The summed E-state index contributed by atoms with van der Waals surface area (Å²) < 4.78 is 0. The molecule has 0 aliphatic carbocycles. The minimum atomic E-state index is 0.678. The zero-order valence-corrected chi connectivity index (χ0v) is 13.0. The smallest absolute Gasteiger partial charge is 0.0931 e. The molecule has 1 atom stereocenters. The number of nitrogens with zero attached hydrogens (tertiary/aromatic N) is 1. The molecule has 2 rings (SSSR count). The molecular formula is C15H21NS2. The maximum absolute atomic E-state index is 4.74. The molecule has 0 spiro atoms. The number of thiazole rings is 1. The fourth-order valence-corrected chi connectivity index (χ4v) is 3.79. The number of hydrogen-bond donors (Lipinski definition) is 0. The van der Waals surface area contributed by atoms with Gasteiger partial charge < -0.3 is 0 Å². The number of aromatic nitrogens is 1. The lowest BCUT2D eigenvalue weighted by atomic mass is 10.0. The predicted molar refractivity (Wildman–Crippen MR) is 81.5 cm³/mol. The fourth-order valence-electron chi connectivity index (χ4n) is 2.14. The van der Waals surface area contributed by atoms with Crippen LogP contribution in [0.25, 0.3) is 0 Å². The standard InChI is InChI=1S/C15H21NS2/c1-11(2)6-14-10-18-15(16-14)8-12(3)7-13-4-5-17-9-13/h4-5,9-12H,6-8H2,1-3H3. The van der Waals surface area contributed by atoms with E-state index in [-0.39, 0.29) is 0 Å². The largest absolute Gasteiger partial charge is 0.246 e. The summed E-state index contributed by atoms with van der Waals surface area (Å²) in [6, 6.07) is 2.23.